The molecule has 6 heteroatoms. The third-order valence-corrected chi connectivity index (χ3v) is 4.42. The largest absolute Gasteiger partial charge is 0.507 e. The molecule has 1 aliphatic heterocycles. The van der Waals surface area contributed by atoms with E-state index in [1.165, 1.54) is 24.8 Å². The second kappa shape index (κ2) is 10.7. The Hall–Kier alpha value is -0.000000000000000111. The van der Waals surface area contributed by atoms with Gasteiger partial charge in [-0.15, -0.1) is 24.8 Å². The van der Waals surface area contributed by atoms with Crippen LogP contribution in [0.4, 0.5) is 0 Å². The van der Waals surface area contributed by atoms with Crippen LogP contribution >= 0.6 is 40.7 Å². The SMILES string of the molecule is CCCC[C@H](c1ccc(O)c(Br)c1)N1CCNCC1.Cl.Cl. The molecule has 0 saturated carbocycles. The Kier molecular flexibility index (Phi) is 10.7. The predicted octanol–water partition coefficient (Wildman–Crippen LogP) is 4.13. The van der Waals surface area contributed by atoms with Crippen molar-refractivity contribution >= 4 is 40.7 Å². The van der Waals surface area contributed by atoms with Gasteiger partial charge in [-0.1, -0.05) is 25.8 Å². The number of aromatic hydroxyl groups is 1. The third-order valence-electron chi connectivity index (χ3n) is 3.78. The fraction of sp³-hybridized carbons (Fsp3) is 0.600. The van der Waals surface area contributed by atoms with Crippen LogP contribution in [0.25, 0.3) is 0 Å². The summed E-state index contributed by atoms with van der Waals surface area (Å²) in [6, 6.07) is 6.39. The summed E-state index contributed by atoms with van der Waals surface area (Å²) in [5.74, 6) is 0.318. The third kappa shape index (κ3) is 5.95. The van der Waals surface area contributed by atoms with Crippen molar-refractivity contribution in [2.45, 2.75) is 32.2 Å². The van der Waals surface area contributed by atoms with E-state index in [9.17, 15) is 5.11 Å². The first-order valence-corrected chi connectivity index (χ1v) is 7.95. The lowest BCUT2D eigenvalue weighted by Crippen LogP contribution is -2.45. The van der Waals surface area contributed by atoms with Crippen LogP contribution in [0.5, 0.6) is 5.75 Å². The molecule has 1 heterocycles. The summed E-state index contributed by atoms with van der Waals surface area (Å²) in [5, 5.41) is 13.0. The van der Waals surface area contributed by atoms with Gasteiger partial charge in [0.15, 0.2) is 0 Å². The Morgan fingerprint density at radius 2 is 1.95 bits per heavy atom. The van der Waals surface area contributed by atoms with Crippen molar-refractivity contribution in [3.63, 3.8) is 0 Å². The van der Waals surface area contributed by atoms with Gasteiger partial charge in [-0.05, 0) is 40.0 Å². The van der Waals surface area contributed by atoms with Gasteiger partial charge in [0.05, 0.1) is 4.47 Å². The summed E-state index contributed by atoms with van der Waals surface area (Å²) in [5.41, 5.74) is 1.31. The summed E-state index contributed by atoms with van der Waals surface area (Å²) in [7, 11) is 0. The molecule has 3 nitrogen and oxygen atoms in total. The number of hydrogen-bond acceptors (Lipinski definition) is 3. The first-order valence-electron chi connectivity index (χ1n) is 7.15. The molecule has 0 bridgehead atoms. The van der Waals surface area contributed by atoms with Crippen LogP contribution in [0.15, 0.2) is 22.7 Å². The summed E-state index contributed by atoms with van der Waals surface area (Å²) in [6.45, 7) is 6.59. The van der Waals surface area contributed by atoms with E-state index >= 15 is 0 Å². The van der Waals surface area contributed by atoms with Crippen LogP contribution in [0.1, 0.15) is 37.8 Å². The molecule has 1 saturated heterocycles. The minimum atomic E-state index is 0. The zero-order valence-electron chi connectivity index (χ0n) is 12.3. The van der Waals surface area contributed by atoms with E-state index < -0.39 is 0 Å². The molecule has 21 heavy (non-hydrogen) atoms. The standard InChI is InChI=1S/C15H23BrN2O.2ClH/c1-2-3-4-14(18-9-7-17-8-10-18)12-5-6-15(19)13(16)11-12;;/h5-6,11,14,17,19H,2-4,7-10H2,1H3;2*1H/t14-;;/m1../s1. The topological polar surface area (TPSA) is 35.5 Å². The molecule has 1 aliphatic rings. The highest BCUT2D eigenvalue weighted by atomic mass is 79.9. The lowest BCUT2D eigenvalue weighted by Gasteiger charge is -2.35. The van der Waals surface area contributed by atoms with Gasteiger partial charge in [-0.2, -0.15) is 0 Å². The molecule has 1 atom stereocenters. The van der Waals surface area contributed by atoms with E-state index in [2.05, 4.69) is 45.2 Å². The molecule has 0 amide bonds. The molecule has 0 spiro atoms. The quantitative estimate of drug-likeness (QED) is 0.780. The zero-order valence-corrected chi connectivity index (χ0v) is 15.6. The Morgan fingerprint density at radius 3 is 2.52 bits per heavy atom. The molecule has 1 aromatic rings. The molecule has 0 radical (unpaired) electrons. The van der Waals surface area contributed by atoms with Crippen LogP contribution in [0, 0.1) is 0 Å². The summed E-state index contributed by atoms with van der Waals surface area (Å²) >= 11 is 3.43. The van der Waals surface area contributed by atoms with Crippen molar-refractivity contribution in [1.29, 1.82) is 0 Å². The lowest BCUT2D eigenvalue weighted by molar-refractivity contribution is 0.163. The van der Waals surface area contributed by atoms with Crippen LogP contribution in [-0.2, 0) is 0 Å². The minimum Gasteiger partial charge on any atom is -0.507 e. The highest BCUT2D eigenvalue weighted by molar-refractivity contribution is 9.10. The summed E-state index contributed by atoms with van der Waals surface area (Å²) in [6.07, 6.45) is 3.66. The molecule has 0 unspecified atom stereocenters. The number of halogens is 3. The van der Waals surface area contributed by atoms with Gasteiger partial charge < -0.3 is 10.4 Å². The van der Waals surface area contributed by atoms with Crippen LogP contribution in [0.2, 0.25) is 0 Å². The zero-order chi connectivity index (χ0) is 13.7. The summed E-state index contributed by atoms with van der Waals surface area (Å²) < 4.78 is 0.793. The highest BCUT2D eigenvalue weighted by Crippen LogP contribution is 2.32. The van der Waals surface area contributed by atoms with Crippen molar-refractivity contribution in [1.82, 2.24) is 10.2 Å². The number of rotatable bonds is 5. The molecule has 122 valence electrons. The van der Waals surface area contributed by atoms with E-state index in [0.29, 0.717) is 11.8 Å². The molecule has 1 fully saturated rings. The van der Waals surface area contributed by atoms with Crippen molar-refractivity contribution in [2.24, 2.45) is 0 Å². The van der Waals surface area contributed by atoms with Gasteiger partial charge in [0.2, 0.25) is 0 Å². The van der Waals surface area contributed by atoms with Gasteiger partial charge in [0.25, 0.3) is 0 Å². The van der Waals surface area contributed by atoms with Crippen molar-refractivity contribution in [3.8, 4) is 5.75 Å². The minimum absolute atomic E-state index is 0. The monoisotopic (exact) mass is 398 g/mol. The van der Waals surface area contributed by atoms with Crippen molar-refractivity contribution in [2.75, 3.05) is 26.2 Å². The Balaban J connectivity index is 0.00000200. The van der Waals surface area contributed by atoms with Gasteiger partial charge in [-0.25, -0.2) is 0 Å². The van der Waals surface area contributed by atoms with Crippen LogP contribution in [0.3, 0.4) is 0 Å². The van der Waals surface area contributed by atoms with Gasteiger partial charge in [-0.3, -0.25) is 4.90 Å². The Bertz CT molecular complexity index is 415. The van der Waals surface area contributed by atoms with E-state index in [4.69, 9.17) is 0 Å². The van der Waals surface area contributed by atoms with E-state index in [0.717, 1.165) is 30.7 Å². The number of phenols is 1. The fourth-order valence-corrected chi connectivity index (χ4v) is 3.08. The first-order chi connectivity index (χ1) is 9.22. The second-order valence-electron chi connectivity index (χ2n) is 5.15. The van der Waals surface area contributed by atoms with E-state index in [-0.39, 0.29) is 24.8 Å². The maximum Gasteiger partial charge on any atom is 0.129 e. The van der Waals surface area contributed by atoms with Crippen molar-refractivity contribution < 1.29 is 5.11 Å². The Labute approximate surface area is 148 Å². The average molecular weight is 400 g/mol. The lowest BCUT2D eigenvalue weighted by atomic mass is 9.98. The number of nitrogens with zero attached hydrogens (tertiary/aromatic N) is 1. The fourth-order valence-electron chi connectivity index (χ4n) is 2.68. The van der Waals surface area contributed by atoms with Gasteiger partial charge >= 0.3 is 0 Å². The molecule has 2 N–H and O–H groups in total. The Morgan fingerprint density at radius 1 is 1.29 bits per heavy atom. The maximum absolute atomic E-state index is 9.64. The van der Waals surface area contributed by atoms with Crippen LogP contribution < -0.4 is 5.32 Å². The van der Waals surface area contributed by atoms with E-state index in [1.807, 2.05) is 0 Å². The number of benzene rings is 1. The number of nitrogens with one attached hydrogen (secondary N) is 1. The van der Waals surface area contributed by atoms with Crippen LogP contribution in [-0.4, -0.2) is 36.2 Å². The number of phenolic OH excluding ortho intramolecular Hbond substituents is 1. The number of piperazine rings is 1. The average Bonchev–Trinajstić information content (AvgIpc) is 2.44. The second-order valence-corrected chi connectivity index (χ2v) is 6.01. The molecular weight excluding hydrogens is 375 g/mol. The highest BCUT2D eigenvalue weighted by Gasteiger charge is 2.22. The number of unbranched alkanes of at least 4 members (excludes halogenated alkanes) is 1. The molecule has 0 aliphatic carbocycles. The molecule has 1 aromatic carbocycles. The smallest absolute Gasteiger partial charge is 0.129 e. The van der Waals surface area contributed by atoms with Gasteiger partial charge in [0.1, 0.15) is 5.75 Å². The maximum atomic E-state index is 9.64. The predicted molar refractivity (Wildman–Crippen MR) is 97.0 cm³/mol. The summed E-state index contributed by atoms with van der Waals surface area (Å²) in [4.78, 5) is 2.56. The normalized spacial score (nSPS) is 16.7. The van der Waals surface area contributed by atoms with Crippen molar-refractivity contribution in [3.05, 3.63) is 28.2 Å². The number of hydrogen-bond donors (Lipinski definition) is 2. The van der Waals surface area contributed by atoms with Gasteiger partial charge in [0, 0.05) is 32.2 Å². The molecule has 0 aromatic heterocycles. The van der Waals surface area contributed by atoms with E-state index in [1.54, 1.807) is 6.07 Å². The molecular formula is C15H25BrCl2N2O. The first kappa shape index (κ1) is 21.0. The molecule has 2 rings (SSSR count).